The molecule has 132 valence electrons. The third kappa shape index (κ3) is 4.29. The Hall–Kier alpha value is -2.01. The van der Waals surface area contributed by atoms with Crippen molar-refractivity contribution in [2.24, 2.45) is 5.41 Å². The number of hydrogen-bond donors (Lipinski definition) is 1. The van der Waals surface area contributed by atoms with E-state index in [9.17, 15) is 4.79 Å². The number of carbonyl (C=O) groups excluding carboxylic acids is 1. The maximum atomic E-state index is 12.5. The Morgan fingerprint density at radius 1 is 1.33 bits per heavy atom. The van der Waals surface area contributed by atoms with E-state index in [0.717, 1.165) is 23.2 Å². The highest BCUT2D eigenvalue weighted by Gasteiger charge is 2.23. The first kappa shape index (κ1) is 18.3. The lowest BCUT2D eigenvalue weighted by Crippen LogP contribution is -2.40. The summed E-state index contributed by atoms with van der Waals surface area (Å²) in [5, 5.41) is 3.91. The van der Waals surface area contributed by atoms with E-state index in [4.69, 9.17) is 9.15 Å². The molecule has 0 aliphatic carbocycles. The summed E-state index contributed by atoms with van der Waals surface area (Å²) in [5.74, 6) is 0.987. The maximum absolute atomic E-state index is 12.5. The molecule has 1 aromatic heterocycles. The maximum Gasteiger partial charge on any atom is 0.287 e. The van der Waals surface area contributed by atoms with Crippen molar-refractivity contribution in [2.75, 3.05) is 33.8 Å². The van der Waals surface area contributed by atoms with Gasteiger partial charge in [-0.05, 0) is 51.6 Å². The molecular weight excluding hydrogens is 304 g/mol. The lowest BCUT2D eigenvalue weighted by atomic mass is 9.93. The van der Waals surface area contributed by atoms with Crippen LogP contribution < -0.4 is 10.1 Å². The van der Waals surface area contributed by atoms with E-state index in [-0.39, 0.29) is 11.3 Å². The summed E-state index contributed by atoms with van der Waals surface area (Å²) in [7, 11) is 4.06. The number of carbonyl (C=O) groups is 1. The highest BCUT2D eigenvalue weighted by molar-refractivity contribution is 5.99. The molecule has 2 rings (SSSR count). The second-order valence-electron chi connectivity index (χ2n) is 7.23. The van der Waals surface area contributed by atoms with Crippen LogP contribution in [0.1, 0.15) is 36.9 Å². The Morgan fingerprint density at radius 3 is 2.67 bits per heavy atom. The highest BCUT2D eigenvalue weighted by atomic mass is 16.5. The van der Waals surface area contributed by atoms with E-state index in [1.165, 1.54) is 0 Å². The zero-order valence-corrected chi connectivity index (χ0v) is 15.5. The van der Waals surface area contributed by atoms with Crippen molar-refractivity contribution in [2.45, 2.75) is 27.7 Å². The van der Waals surface area contributed by atoms with Gasteiger partial charge in [0.1, 0.15) is 11.3 Å². The van der Waals surface area contributed by atoms with Crippen LogP contribution in [0.4, 0.5) is 0 Å². The predicted octanol–water partition coefficient (Wildman–Crippen LogP) is 3.46. The Labute approximate surface area is 144 Å². The summed E-state index contributed by atoms with van der Waals surface area (Å²) < 4.78 is 11.3. The summed E-state index contributed by atoms with van der Waals surface area (Å²) in [6, 6.07) is 5.63. The molecule has 0 bridgehead atoms. The number of ether oxygens (including phenoxy) is 1. The Morgan fingerprint density at radius 2 is 2.04 bits per heavy atom. The van der Waals surface area contributed by atoms with Crippen LogP contribution in [0.5, 0.6) is 5.75 Å². The van der Waals surface area contributed by atoms with Gasteiger partial charge in [-0.3, -0.25) is 4.79 Å². The van der Waals surface area contributed by atoms with Crippen LogP contribution in [0, 0.1) is 12.3 Å². The van der Waals surface area contributed by atoms with Crippen molar-refractivity contribution in [3.8, 4) is 5.75 Å². The standard InChI is InChI=1S/C19H28N2O3/c1-7-23-14-8-9-16-15(10-14)13(2)17(24-16)18(22)20-11-19(3,4)12-21(5)6/h8-10H,7,11-12H2,1-6H3,(H,20,22). The number of furan rings is 1. The summed E-state index contributed by atoms with van der Waals surface area (Å²) >= 11 is 0. The van der Waals surface area contributed by atoms with Crippen LogP contribution in [0.25, 0.3) is 11.0 Å². The van der Waals surface area contributed by atoms with Gasteiger partial charge in [0.05, 0.1) is 6.61 Å². The van der Waals surface area contributed by atoms with Gasteiger partial charge in [-0.15, -0.1) is 0 Å². The lowest BCUT2D eigenvalue weighted by Gasteiger charge is -2.28. The summed E-state index contributed by atoms with van der Waals surface area (Å²) in [5.41, 5.74) is 1.53. The lowest BCUT2D eigenvalue weighted by molar-refractivity contribution is 0.0902. The smallest absolute Gasteiger partial charge is 0.287 e. The largest absolute Gasteiger partial charge is 0.494 e. The number of aryl methyl sites for hydroxylation is 1. The van der Waals surface area contributed by atoms with Crippen molar-refractivity contribution in [1.29, 1.82) is 0 Å². The van der Waals surface area contributed by atoms with Crippen molar-refractivity contribution in [3.63, 3.8) is 0 Å². The topological polar surface area (TPSA) is 54.7 Å². The van der Waals surface area contributed by atoms with E-state index in [0.29, 0.717) is 24.5 Å². The first-order valence-electron chi connectivity index (χ1n) is 8.32. The van der Waals surface area contributed by atoms with E-state index >= 15 is 0 Å². The van der Waals surface area contributed by atoms with Gasteiger partial charge in [0.15, 0.2) is 5.76 Å². The van der Waals surface area contributed by atoms with E-state index < -0.39 is 0 Å². The molecule has 0 atom stereocenters. The number of nitrogens with one attached hydrogen (secondary N) is 1. The van der Waals surface area contributed by atoms with Crippen LogP contribution in [0.3, 0.4) is 0 Å². The van der Waals surface area contributed by atoms with E-state index in [1.54, 1.807) is 0 Å². The minimum absolute atomic E-state index is 0.0127. The Bertz CT molecular complexity index is 717. The van der Waals surface area contributed by atoms with Gasteiger partial charge in [0.2, 0.25) is 0 Å². The number of hydrogen-bond acceptors (Lipinski definition) is 4. The number of benzene rings is 1. The molecule has 1 aromatic carbocycles. The van der Waals surface area contributed by atoms with Crippen molar-refractivity contribution in [3.05, 3.63) is 29.5 Å². The summed E-state index contributed by atoms with van der Waals surface area (Å²) in [4.78, 5) is 14.6. The Kier molecular flexibility index (Phi) is 5.54. The number of fused-ring (bicyclic) bond motifs is 1. The minimum atomic E-state index is -0.173. The summed E-state index contributed by atoms with van der Waals surface area (Å²) in [6.07, 6.45) is 0. The van der Waals surface area contributed by atoms with E-state index in [1.807, 2.05) is 46.1 Å². The van der Waals surface area contributed by atoms with Gasteiger partial charge in [0, 0.05) is 24.0 Å². The molecule has 1 amide bonds. The highest BCUT2D eigenvalue weighted by Crippen LogP contribution is 2.29. The Balaban J connectivity index is 2.16. The molecule has 0 spiro atoms. The zero-order chi connectivity index (χ0) is 17.9. The summed E-state index contributed by atoms with van der Waals surface area (Å²) in [6.45, 7) is 10.2. The molecule has 0 fully saturated rings. The second kappa shape index (κ2) is 7.26. The van der Waals surface area contributed by atoms with Crippen LogP contribution in [-0.2, 0) is 0 Å². The fourth-order valence-electron chi connectivity index (χ4n) is 2.98. The molecule has 0 unspecified atom stereocenters. The van der Waals surface area contributed by atoms with Gasteiger partial charge in [-0.25, -0.2) is 0 Å². The first-order chi connectivity index (χ1) is 11.2. The molecule has 0 aliphatic rings. The molecular formula is C19H28N2O3. The number of rotatable bonds is 7. The third-order valence-corrected chi connectivity index (χ3v) is 3.90. The molecule has 5 heteroatoms. The van der Waals surface area contributed by atoms with Crippen LogP contribution >= 0.6 is 0 Å². The molecule has 5 nitrogen and oxygen atoms in total. The monoisotopic (exact) mass is 332 g/mol. The van der Waals surface area contributed by atoms with Crippen molar-refractivity contribution >= 4 is 16.9 Å². The average molecular weight is 332 g/mol. The molecule has 1 heterocycles. The number of amides is 1. The normalized spacial score (nSPS) is 12.0. The molecule has 0 radical (unpaired) electrons. The zero-order valence-electron chi connectivity index (χ0n) is 15.5. The minimum Gasteiger partial charge on any atom is -0.494 e. The van der Waals surface area contributed by atoms with Crippen LogP contribution in [0.2, 0.25) is 0 Å². The van der Waals surface area contributed by atoms with Crippen LogP contribution in [-0.4, -0.2) is 44.6 Å². The van der Waals surface area contributed by atoms with Gasteiger partial charge in [0.25, 0.3) is 5.91 Å². The van der Waals surface area contributed by atoms with Crippen molar-refractivity contribution in [1.82, 2.24) is 10.2 Å². The van der Waals surface area contributed by atoms with Crippen LogP contribution in [0.15, 0.2) is 22.6 Å². The molecule has 24 heavy (non-hydrogen) atoms. The quantitative estimate of drug-likeness (QED) is 0.844. The van der Waals surface area contributed by atoms with E-state index in [2.05, 4.69) is 24.1 Å². The van der Waals surface area contributed by atoms with Crippen molar-refractivity contribution < 1.29 is 13.9 Å². The fraction of sp³-hybridized carbons (Fsp3) is 0.526. The third-order valence-electron chi connectivity index (χ3n) is 3.90. The molecule has 2 aromatic rings. The van der Waals surface area contributed by atoms with Gasteiger partial charge in [-0.1, -0.05) is 13.8 Å². The van der Waals surface area contributed by atoms with Gasteiger partial charge < -0.3 is 19.4 Å². The SMILES string of the molecule is CCOc1ccc2oc(C(=O)NCC(C)(C)CN(C)C)c(C)c2c1. The molecule has 0 saturated heterocycles. The predicted molar refractivity (Wildman–Crippen MR) is 96.8 cm³/mol. The molecule has 0 aliphatic heterocycles. The fourth-order valence-corrected chi connectivity index (χ4v) is 2.98. The average Bonchev–Trinajstić information content (AvgIpc) is 2.81. The van der Waals surface area contributed by atoms with Gasteiger partial charge in [-0.2, -0.15) is 0 Å². The van der Waals surface area contributed by atoms with Gasteiger partial charge >= 0.3 is 0 Å². The number of nitrogens with zero attached hydrogens (tertiary/aromatic N) is 1. The first-order valence-corrected chi connectivity index (χ1v) is 8.32. The molecule has 0 saturated carbocycles. The second-order valence-corrected chi connectivity index (χ2v) is 7.23. The molecule has 1 N–H and O–H groups in total.